The smallest absolute Gasteiger partial charge is 0.206 e. The normalized spacial score (nSPS) is 11.9. The lowest BCUT2D eigenvalue weighted by Crippen LogP contribution is -2.01. The van der Waals surface area contributed by atoms with E-state index in [1.54, 1.807) is 60.7 Å². The third kappa shape index (κ3) is 5.27. The van der Waals surface area contributed by atoms with E-state index in [0.717, 1.165) is 0 Å². The largest absolute Gasteiger partial charge is 0.256 e. The van der Waals surface area contributed by atoms with E-state index in [2.05, 4.69) is 9.98 Å². The first kappa shape index (κ1) is 22.2. The highest BCUT2D eigenvalue weighted by atomic mass is 32.2. The monoisotopic (exact) mass is 460 g/mol. The molecule has 0 N–H and O–H groups in total. The highest BCUT2D eigenvalue weighted by Gasteiger charge is 2.17. The topological polar surface area (TPSA) is 58.9 Å². The Kier molecular flexibility index (Phi) is 6.51. The van der Waals surface area contributed by atoms with Crippen molar-refractivity contribution < 1.29 is 17.2 Å². The van der Waals surface area contributed by atoms with Crippen molar-refractivity contribution in [2.24, 2.45) is 9.98 Å². The van der Waals surface area contributed by atoms with Gasteiger partial charge in [0.1, 0.15) is 11.6 Å². The summed E-state index contributed by atoms with van der Waals surface area (Å²) in [5.41, 5.74) is 1.67. The third-order valence-electron chi connectivity index (χ3n) is 4.81. The molecule has 164 valence electrons. The van der Waals surface area contributed by atoms with Crippen LogP contribution in [0.15, 0.2) is 117 Å². The van der Waals surface area contributed by atoms with Crippen molar-refractivity contribution in [3.63, 3.8) is 0 Å². The summed E-state index contributed by atoms with van der Waals surface area (Å²) in [5.74, 6) is -0.774. The summed E-state index contributed by atoms with van der Waals surface area (Å²) in [6, 6.07) is 24.5. The van der Waals surface area contributed by atoms with Crippen molar-refractivity contribution in [3.05, 3.63) is 120 Å². The van der Waals surface area contributed by atoms with Crippen molar-refractivity contribution in [2.45, 2.75) is 9.79 Å². The predicted molar refractivity (Wildman–Crippen MR) is 126 cm³/mol. The molecule has 4 aromatic carbocycles. The minimum atomic E-state index is -3.74. The van der Waals surface area contributed by atoms with Crippen LogP contribution in [0.4, 0.5) is 20.2 Å². The SMILES string of the molecule is O=S(=O)(c1ccc(N=Cc2ccccc2F)cc1)c1ccc(N=Cc2ccccc2F)cc1. The van der Waals surface area contributed by atoms with Gasteiger partial charge in [-0.2, -0.15) is 0 Å². The van der Waals surface area contributed by atoms with Gasteiger partial charge < -0.3 is 0 Å². The van der Waals surface area contributed by atoms with Gasteiger partial charge in [0, 0.05) is 23.6 Å². The van der Waals surface area contributed by atoms with Crippen LogP contribution in [0.25, 0.3) is 0 Å². The highest BCUT2D eigenvalue weighted by Crippen LogP contribution is 2.25. The fraction of sp³-hybridized carbons (Fsp3) is 0. The fourth-order valence-corrected chi connectivity index (χ4v) is 4.27. The second kappa shape index (κ2) is 9.67. The Hall–Kier alpha value is -3.97. The molecular weight excluding hydrogens is 442 g/mol. The highest BCUT2D eigenvalue weighted by molar-refractivity contribution is 7.91. The van der Waals surface area contributed by atoms with Gasteiger partial charge in [-0.3, -0.25) is 9.98 Å². The van der Waals surface area contributed by atoms with Crippen molar-refractivity contribution in [2.75, 3.05) is 0 Å². The van der Waals surface area contributed by atoms with Crippen LogP contribution in [0.1, 0.15) is 11.1 Å². The zero-order valence-electron chi connectivity index (χ0n) is 17.3. The summed E-state index contributed by atoms with van der Waals surface area (Å²) in [5, 5.41) is 0. The van der Waals surface area contributed by atoms with Crippen molar-refractivity contribution >= 4 is 33.6 Å². The number of halogens is 2. The molecule has 4 rings (SSSR count). The van der Waals surface area contributed by atoms with Gasteiger partial charge in [-0.25, -0.2) is 17.2 Å². The minimum Gasteiger partial charge on any atom is -0.256 e. The molecule has 0 bridgehead atoms. The first-order chi connectivity index (χ1) is 15.9. The van der Waals surface area contributed by atoms with E-state index < -0.39 is 9.84 Å². The van der Waals surface area contributed by atoms with E-state index in [0.29, 0.717) is 22.5 Å². The lowest BCUT2D eigenvalue weighted by molar-refractivity contribution is 0.596. The maximum absolute atomic E-state index is 13.7. The average molecular weight is 461 g/mol. The Morgan fingerprint density at radius 3 is 1.27 bits per heavy atom. The van der Waals surface area contributed by atoms with Crippen LogP contribution in [0, 0.1) is 11.6 Å². The number of rotatable bonds is 6. The van der Waals surface area contributed by atoms with Gasteiger partial charge in [0.2, 0.25) is 9.84 Å². The molecule has 0 aliphatic heterocycles. The Bertz CT molecular complexity index is 1330. The van der Waals surface area contributed by atoms with E-state index in [1.807, 2.05) is 0 Å². The van der Waals surface area contributed by atoms with E-state index in [9.17, 15) is 17.2 Å². The van der Waals surface area contributed by atoms with Crippen LogP contribution in [0.2, 0.25) is 0 Å². The molecule has 7 heteroatoms. The molecule has 0 heterocycles. The quantitative estimate of drug-likeness (QED) is 0.317. The van der Waals surface area contributed by atoms with Crippen molar-refractivity contribution in [1.82, 2.24) is 0 Å². The molecule has 0 aliphatic carbocycles. The molecule has 0 atom stereocenters. The van der Waals surface area contributed by atoms with E-state index >= 15 is 0 Å². The summed E-state index contributed by atoms with van der Waals surface area (Å²) >= 11 is 0. The molecule has 0 amide bonds. The van der Waals surface area contributed by atoms with Crippen LogP contribution < -0.4 is 0 Å². The predicted octanol–water partition coefficient (Wildman–Crippen LogP) is 6.30. The number of nitrogens with zero attached hydrogens (tertiary/aromatic N) is 2. The van der Waals surface area contributed by atoms with Gasteiger partial charge in [-0.1, -0.05) is 36.4 Å². The Labute approximate surface area is 190 Å². The molecule has 33 heavy (non-hydrogen) atoms. The van der Waals surface area contributed by atoms with Crippen LogP contribution in [-0.4, -0.2) is 20.8 Å². The maximum Gasteiger partial charge on any atom is 0.206 e. The molecule has 0 radical (unpaired) electrons. The lowest BCUT2D eigenvalue weighted by Gasteiger charge is -2.05. The van der Waals surface area contributed by atoms with E-state index in [-0.39, 0.29) is 21.4 Å². The third-order valence-corrected chi connectivity index (χ3v) is 6.60. The lowest BCUT2D eigenvalue weighted by atomic mass is 10.2. The molecular formula is C26H18F2N2O2S. The molecule has 4 nitrogen and oxygen atoms in total. The first-order valence-corrected chi connectivity index (χ1v) is 11.4. The molecule has 0 unspecified atom stereocenters. The molecule has 0 aromatic heterocycles. The van der Waals surface area contributed by atoms with Crippen LogP contribution in [0.3, 0.4) is 0 Å². The van der Waals surface area contributed by atoms with Gasteiger partial charge >= 0.3 is 0 Å². The second-order valence-electron chi connectivity index (χ2n) is 7.05. The van der Waals surface area contributed by atoms with Gasteiger partial charge in [0.25, 0.3) is 0 Å². The molecule has 0 saturated heterocycles. The Balaban J connectivity index is 1.50. The van der Waals surface area contributed by atoms with Crippen molar-refractivity contribution in [3.8, 4) is 0 Å². The fourth-order valence-electron chi connectivity index (χ4n) is 3.01. The maximum atomic E-state index is 13.7. The van der Waals surface area contributed by atoms with Gasteiger partial charge in [-0.05, 0) is 60.7 Å². The van der Waals surface area contributed by atoms with Gasteiger partial charge in [-0.15, -0.1) is 0 Å². The van der Waals surface area contributed by atoms with Gasteiger partial charge in [0.05, 0.1) is 21.2 Å². The molecule has 4 aromatic rings. The Morgan fingerprint density at radius 1 is 0.545 bits per heavy atom. The van der Waals surface area contributed by atoms with Gasteiger partial charge in [0.15, 0.2) is 0 Å². The first-order valence-electron chi connectivity index (χ1n) is 9.96. The summed E-state index contributed by atoms with van der Waals surface area (Å²) in [7, 11) is -3.74. The number of benzene rings is 4. The molecule has 0 fully saturated rings. The Morgan fingerprint density at radius 2 is 0.909 bits per heavy atom. The molecule has 0 spiro atoms. The van der Waals surface area contributed by atoms with E-state index in [1.165, 1.54) is 48.8 Å². The zero-order chi connectivity index (χ0) is 23.3. The van der Waals surface area contributed by atoms with Crippen LogP contribution in [-0.2, 0) is 9.84 Å². The minimum absolute atomic E-state index is 0.106. The number of sulfone groups is 1. The van der Waals surface area contributed by atoms with E-state index in [4.69, 9.17) is 0 Å². The number of aliphatic imine (C=N–C) groups is 2. The summed E-state index contributed by atoms with van der Waals surface area (Å²) in [4.78, 5) is 8.60. The van der Waals surface area contributed by atoms with Crippen LogP contribution in [0.5, 0.6) is 0 Å². The number of hydrogen-bond acceptors (Lipinski definition) is 4. The standard InChI is InChI=1S/C26H18F2N2O2S/c27-25-7-3-1-5-19(25)17-29-21-9-13-23(14-10-21)33(31,32)24-15-11-22(12-16-24)30-18-20-6-2-4-8-26(20)28/h1-18H. The van der Waals surface area contributed by atoms with Crippen LogP contribution >= 0.6 is 0 Å². The molecule has 0 saturated carbocycles. The molecule has 0 aliphatic rings. The number of hydrogen-bond donors (Lipinski definition) is 0. The summed E-state index contributed by atoms with van der Waals surface area (Å²) in [6.45, 7) is 0. The van der Waals surface area contributed by atoms with Crippen molar-refractivity contribution in [1.29, 1.82) is 0 Å². The second-order valence-corrected chi connectivity index (χ2v) is 9.00. The summed E-state index contributed by atoms with van der Waals surface area (Å²) < 4.78 is 53.2. The summed E-state index contributed by atoms with van der Waals surface area (Å²) in [6.07, 6.45) is 2.78. The average Bonchev–Trinajstić information content (AvgIpc) is 2.83. The zero-order valence-corrected chi connectivity index (χ0v) is 18.1.